The van der Waals surface area contributed by atoms with Gasteiger partial charge in [0.2, 0.25) is 0 Å². The first kappa shape index (κ1) is 20.7. The third-order valence-electron chi connectivity index (χ3n) is 3.50. The molecule has 0 aliphatic carbocycles. The number of benzene rings is 1. The minimum Gasteiger partial charge on any atom is -0.465 e. The van der Waals surface area contributed by atoms with Gasteiger partial charge < -0.3 is 14.4 Å². The van der Waals surface area contributed by atoms with Crippen LogP contribution in [0.5, 0.6) is 0 Å². The van der Waals surface area contributed by atoms with Crippen molar-refractivity contribution in [3.05, 3.63) is 63.7 Å². The summed E-state index contributed by atoms with van der Waals surface area (Å²) < 4.78 is 63.1. The Bertz CT molecular complexity index is 874. The molecule has 0 spiro atoms. The summed E-state index contributed by atoms with van der Waals surface area (Å²) in [6.07, 6.45) is -0.00149. The van der Waals surface area contributed by atoms with Crippen LogP contribution in [0.3, 0.4) is 0 Å². The quantitative estimate of drug-likeness (QED) is 0.513. The molecule has 1 aliphatic heterocycles. The number of carbonyl (C=O) groups is 2. The summed E-state index contributed by atoms with van der Waals surface area (Å²) in [6, 6.07) is 2.02. The molecular weight excluding hydrogens is 438 g/mol. The van der Waals surface area contributed by atoms with Gasteiger partial charge in [0.1, 0.15) is 11.3 Å². The highest BCUT2D eigenvalue weighted by atomic mass is 79.9. The molecule has 144 valence electrons. The van der Waals surface area contributed by atoms with E-state index in [0.29, 0.717) is 0 Å². The zero-order valence-electron chi connectivity index (χ0n) is 13.9. The molecule has 0 unspecified atom stereocenters. The summed E-state index contributed by atoms with van der Waals surface area (Å²) >= 11 is 2.67. The predicted octanol–water partition coefficient (Wildman–Crippen LogP) is 4.10. The molecule has 5 nitrogen and oxygen atoms in total. The number of esters is 2. The first-order valence-corrected chi connectivity index (χ1v) is 8.03. The van der Waals surface area contributed by atoms with Crippen LogP contribution in [0.1, 0.15) is 5.56 Å². The minimum atomic E-state index is -4.99. The summed E-state index contributed by atoms with van der Waals surface area (Å²) in [7, 11) is 2.07. The van der Waals surface area contributed by atoms with Crippen LogP contribution < -0.4 is 4.90 Å². The maximum absolute atomic E-state index is 14.8. The highest BCUT2D eigenvalue weighted by Gasteiger charge is 2.39. The fourth-order valence-electron chi connectivity index (χ4n) is 2.34. The van der Waals surface area contributed by atoms with Crippen molar-refractivity contribution in [2.75, 3.05) is 19.1 Å². The number of carbonyl (C=O) groups excluding carboxylic acids is 2. The van der Waals surface area contributed by atoms with E-state index in [1.807, 2.05) is 0 Å². The molecule has 10 heteroatoms. The van der Waals surface area contributed by atoms with Crippen LogP contribution in [0.25, 0.3) is 0 Å². The first-order valence-electron chi connectivity index (χ1n) is 7.23. The van der Waals surface area contributed by atoms with Gasteiger partial charge in [0.05, 0.1) is 25.5 Å². The summed E-state index contributed by atoms with van der Waals surface area (Å²) in [5, 5.41) is 0. The number of ether oxygens (including phenoxy) is 2. The van der Waals surface area contributed by atoms with E-state index in [1.54, 1.807) is 0 Å². The molecular formula is C17H12BrF4NO4. The lowest BCUT2D eigenvalue weighted by atomic mass is 10.1. The molecule has 2 rings (SSSR count). The summed E-state index contributed by atoms with van der Waals surface area (Å²) in [5.41, 5.74) is -2.96. The Hall–Kier alpha value is -2.62. The van der Waals surface area contributed by atoms with Gasteiger partial charge in [-0.2, -0.15) is 13.2 Å². The van der Waals surface area contributed by atoms with Gasteiger partial charge in [0.25, 0.3) is 0 Å². The van der Waals surface area contributed by atoms with Crippen molar-refractivity contribution in [1.29, 1.82) is 0 Å². The van der Waals surface area contributed by atoms with Gasteiger partial charge in [0.15, 0.2) is 5.82 Å². The third-order valence-corrected chi connectivity index (χ3v) is 4.16. The Kier molecular flexibility index (Phi) is 6.09. The fourth-order valence-corrected chi connectivity index (χ4v) is 2.87. The van der Waals surface area contributed by atoms with Crippen LogP contribution in [-0.4, -0.2) is 26.2 Å². The van der Waals surface area contributed by atoms with Crippen molar-refractivity contribution in [3.8, 4) is 0 Å². The van der Waals surface area contributed by atoms with Crippen molar-refractivity contribution in [1.82, 2.24) is 0 Å². The molecule has 0 atom stereocenters. The number of nitrogens with zero attached hydrogens (tertiary/aromatic N) is 1. The van der Waals surface area contributed by atoms with Crippen LogP contribution in [-0.2, 0) is 25.2 Å². The molecule has 1 heterocycles. The smallest absolute Gasteiger partial charge is 0.420 e. The topological polar surface area (TPSA) is 55.8 Å². The van der Waals surface area contributed by atoms with E-state index in [-0.39, 0.29) is 5.57 Å². The van der Waals surface area contributed by atoms with E-state index in [2.05, 4.69) is 25.4 Å². The van der Waals surface area contributed by atoms with Gasteiger partial charge in [-0.25, -0.2) is 14.0 Å². The van der Waals surface area contributed by atoms with Crippen molar-refractivity contribution in [2.45, 2.75) is 6.18 Å². The monoisotopic (exact) mass is 449 g/mol. The average molecular weight is 450 g/mol. The molecule has 0 aromatic heterocycles. The molecule has 1 aromatic carbocycles. The van der Waals surface area contributed by atoms with Crippen molar-refractivity contribution >= 4 is 33.6 Å². The number of allylic oxidation sites excluding steroid dienone is 2. The highest BCUT2D eigenvalue weighted by Crippen LogP contribution is 2.41. The second-order valence-corrected chi connectivity index (χ2v) is 5.92. The number of hydrogen-bond donors (Lipinski definition) is 0. The number of halogens is 5. The average Bonchev–Trinajstić information content (AvgIpc) is 2.82. The van der Waals surface area contributed by atoms with E-state index >= 15 is 0 Å². The first-order chi connectivity index (χ1) is 12.6. The number of alkyl halides is 3. The van der Waals surface area contributed by atoms with Crippen LogP contribution in [0, 0.1) is 5.82 Å². The Morgan fingerprint density at radius 1 is 1.07 bits per heavy atom. The Labute approximate surface area is 159 Å². The van der Waals surface area contributed by atoms with E-state index in [0.717, 1.165) is 37.5 Å². The van der Waals surface area contributed by atoms with Crippen LogP contribution in [0.4, 0.5) is 23.2 Å². The van der Waals surface area contributed by atoms with Gasteiger partial charge in [-0.05, 0) is 24.3 Å². The maximum atomic E-state index is 14.8. The molecule has 0 saturated carbocycles. The van der Waals surface area contributed by atoms with E-state index in [4.69, 9.17) is 0 Å². The molecule has 0 saturated heterocycles. The van der Waals surface area contributed by atoms with Crippen LogP contribution in [0.15, 0.2) is 52.3 Å². The van der Waals surface area contributed by atoms with Crippen molar-refractivity contribution in [3.63, 3.8) is 0 Å². The van der Waals surface area contributed by atoms with Crippen molar-refractivity contribution < 1.29 is 36.6 Å². The lowest BCUT2D eigenvalue weighted by Gasteiger charge is -2.25. The number of hydrogen-bond acceptors (Lipinski definition) is 5. The molecule has 0 fully saturated rings. The van der Waals surface area contributed by atoms with Gasteiger partial charge in [-0.1, -0.05) is 22.0 Å². The second kappa shape index (κ2) is 7.95. The van der Waals surface area contributed by atoms with Gasteiger partial charge in [0, 0.05) is 10.7 Å². The summed E-state index contributed by atoms with van der Waals surface area (Å²) in [4.78, 5) is 25.1. The molecule has 0 bridgehead atoms. The lowest BCUT2D eigenvalue weighted by Crippen LogP contribution is -2.28. The number of anilines is 1. The molecule has 1 aromatic rings. The molecule has 0 amide bonds. The van der Waals surface area contributed by atoms with Gasteiger partial charge in [-0.15, -0.1) is 0 Å². The number of rotatable bonds is 3. The second-order valence-electron chi connectivity index (χ2n) is 5.07. The standard InChI is InChI=1S/C17H12BrF4NO4/c1-26-15(24)9-5-3-4-8-23(14(9)16(25)27-2)11-7-6-10(18)12(13(11)19)17(20,21)22/h3-8H,1-2H3. The van der Waals surface area contributed by atoms with E-state index in [1.165, 1.54) is 18.2 Å². The van der Waals surface area contributed by atoms with Gasteiger partial charge >= 0.3 is 18.1 Å². The Balaban J connectivity index is 2.79. The normalized spacial score (nSPS) is 14.3. The number of methoxy groups -OCH3 is 2. The van der Waals surface area contributed by atoms with Crippen LogP contribution >= 0.6 is 15.9 Å². The lowest BCUT2D eigenvalue weighted by molar-refractivity contribution is -0.140. The minimum absolute atomic E-state index is 0.315. The fraction of sp³-hybridized carbons (Fsp3) is 0.176. The van der Waals surface area contributed by atoms with Crippen molar-refractivity contribution in [2.24, 2.45) is 0 Å². The van der Waals surface area contributed by atoms with Crippen LogP contribution in [0.2, 0.25) is 0 Å². The van der Waals surface area contributed by atoms with E-state index < -0.39 is 45.4 Å². The van der Waals surface area contributed by atoms with E-state index in [9.17, 15) is 27.2 Å². The maximum Gasteiger partial charge on any atom is 0.420 e. The highest BCUT2D eigenvalue weighted by molar-refractivity contribution is 9.10. The third kappa shape index (κ3) is 4.05. The SMILES string of the molecule is COC(=O)C1=C(C(=O)OC)N(c2ccc(Br)c(C(F)(F)F)c2F)C=CC=C1. The summed E-state index contributed by atoms with van der Waals surface area (Å²) in [6.45, 7) is 0. The zero-order chi connectivity index (χ0) is 20.4. The largest absolute Gasteiger partial charge is 0.465 e. The molecule has 0 radical (unpaired) electrons. The predicted molar refractivity (Wildman–Crippen MR) is 90.9 cm³/mol. The molecule has 27 heavy (non-hydrogen) atoms. The Morgan fingerprint density at radius 2 is 1.70 bits per heavy atom. The zero-order valence-corrected chi connectivity index (χ0v) is 15.5. The molecule has 0 N–H and O–H groups in total. The molecule has 1 aliphatic rings. The Morgan fingerprint density at radius 3 is 2.26 bits per heavy atom. The van der Waals surface area contributed by atoms with Gasteiger partial charge in [-0.3, -0.25) is 0 Å². The summed E-state index contributed by atoms with van der Waals surface area (Å²) in [5.74, 6) is -3.65.